The van der Waals surface area contributed by atoms with Crippen molar-refractivity contribution in [2.45, 2.75) is 19.4 Å². The molecule has 0 radical (unpaired) electrons. The van der Waals surface area contributed by atoms with Gasteiger partial charge < -0.3 is 20.3 Å². The standard InChI is InChI=1S/C16H23BrFN3O2/c1-12(23-15-4-3-13(18)11-14(15)17)16(22)20-5-2-8-21-9-6-19-7-10-21/h3-4,11-12,19H,2,5-10H2,1H3,(H,20,22). The molecule has 1 atom stereocenters. The predicted octanol–water partition coefficient (Wildman–Crippen LogP) is 1.77. The first-order chi connectivity index (χ1) is 11.1. The molecule has 0 bridgehead atoms. The van der Waals surface area contributed by atoms with E-state index in [-0.39, 0.29) is 11.7 Å². The molecule has 1 unspecified atom stereocenters. The number of nitrogens with zero attached hydrogens (tertiary/aromatic N) is 1. The highest BCUT2D eigenvalue weighted by Gasteiger charge is 2.16. The Balaban J connectivity index is 1.68. The molecule has 1 aromatic rings. The maximum absolute atomic E-state index is 13.0. The third-order valence-corrected chi connectivity index (χ3v) is 4.35. The molecule has 1 aliphatic rings. The zero-order chi connectivity index (χ0) is 16.7. The van der Waals surface area contributed by atoms with Crippen LogP contribution in [0.1, 0.15) is 13.3 Å². The molecule has 2 N–H and O–H groups in total. The number of amides is 1. The fraction of sp³-hybridized carbons (Fsp3) is 0.562. The number of carbonyl (C=O) groups excluding carboxylic acids is 1. The highest BCUT2D eigenvalue weighted by molar-refractivity contribution is 9.10. The Morgan fingerprint density at radius 1 is 1.48 bits per heavy atom. The van der Waals surface area contributed by atoms with Gasteiger partial charge in [-0.25, -0.2) is 4.39 Å². The maximum atomic E-state index is 13.0. The van der Waals surface area contributed by atoms with Crippen LogP contribution in [-0.2, 0) is 4.79 Å². The highest BCUT2D eigenvalue weighted by atomic mass is 79.9. The van der Waals surface area contributed by atoms with Gasteiger partial charge in [-0.2, -0.15) is 0 Å². The second-order valence-electron chi connectivity index (χ2n) is 5.57. The lowest BCUT2D eigenvalue weighted by Gasteiger charge is -2.27. The Morgan fingerprint density at radius 3 is 2.91 bits per heavy atom. The average molecular weight is 388 g/mol. The summed E-state index contributed by atoms with van der Waals surface area (Å²) in [5, 5.41) is 6.19. The minimum Gasteiger partial charge on any atom is -0.480 e. The number of rotatable bonds is 7. The van der Waals surface area contributed by atoms with Crippen LogP contribution in [0.3, 0.4) is 0 Å². The maximum Gasteiger partial charge on any atom is 0.260 e. The van der Waals surface area contributed by atoms with Crippen molar-refractivity contribution in [2.24, 2.45) is 0 Å². The first kappa shape index (κ1) is 18.2. The van der Waals surface area contributed by atoms with Gasteiger partial charge in [0.15, 0.2) is 6.10 Å². The van der Waals surface area contributed by atoms with Crippen molar-refractivity contribution >= 4 is 21.8 Å². The van der Waals surface area contributed by atoms with E-state index in [1.165, 1.54) is 18.2 Å². The number of carbonyl (C=O) groups is 1. The minimum atomic E-state index is -0.629. The summed E-state index contributed by atoms with van der Waals surface area (Å²) in [6.07, 6.45) is 0.287. The van der Waals surface area contributed by atoms with Crippen molar-refractivity contribution < 1.29 is 13.9 Å². The molecule has 5 nitrogen and oxygen atoms in total. The molecule has 1 saturated heterocycles. The first-order valence-electron chi connectivity index (χ1n) is 7.89. The van der Waals surface area contributed by atoms with Gasteiger partial charge in [0.1, 0.15) is 11.6 Å². The van der Waals surface area contributed by atoms with E-state index in [0.717, 1.165) is 39.1 Å². The number of hydrogen-bond acceptors (Lipinski definition) is 4. The summed E-state index contributed by atoms with van der Waals surface area (Å²) < 4.78 is 19.1. The Hall–Kier alpha value is -1.18. The van der Waals surface area contributed by atoms with Gasteiger partial charge in [-0.15, -0.1) is 0 Å². The lowest BCUT2D eigenvalue weighted by Crippen LogP contribution is -2.44. The van der Waals surface area contributed by atoms with Gasteiger partial charge in [0.25, 0.3) is 5.91 Å². The number of halogens is 2. The molecule has 0 aliphatic carbocycles. The number of hydrogen-bond donors (Lipinski definition) is 2. The fourth-order valence-corrected chi connectivity index (χ4v) is 2.85. The number of nitrogens with one attached hydrogen (secondary N) is 2. The van der Waals surface area contributed by atoms with Crippen molar-refractivity contribution in [1.29, 1.82) is 0 Å². The summed E-state index contributed by atoms with van der Waals surface area (Å²) in [5.41, 5.74) is 0. The Morgan fingerprint density at radius 2 is 2.22 bits per heavy atom. The summed E-state index contributed by atoms with van der Waals surface area (Å²) in [6, 6.07) is 4.12. The van der Waals surface area contributed by atoms with Crippen LogP contribution in [0, 0.1) is 5.82 Å². The molecule has 128 valence electrons. The minimum absolute atomic E-state index is 0.165. The quantitative estimate of drug-likeness (QED) is 0.700. The fourth-order valence-electron chi connectivity index (χ4n) is 2.41. The molecule has 7 heteroatoms. The molecule has 1 heterocycles. The van der Waals surface area contributed by atoms with E-state index in [1.54, 1.807) is 6.92 Å². The molecule has 1 aliphatic heterocycles. The Bertz CT molecular complexity index is 524. The average Bonchev–Trinajstić information content (AvgIpc) is 2.55. The van der Waals surface area contributed by atoms with Crippen LogP contribution < -0.4 is 15.4 Å². The van der Waals surface area contributed by atoms with Crippen molar-refractivity contribution in [3.05, 3.63) is 28.5 Å². The van der Waals surface area contributed by atoms with Crippen LogP contribution in [0.4, 0.5) is 4.39 Å². The van der Waals surface area contributed by atoms with E-state index in [9.17, 15) is 9.18 Å². The van der Waals surface area contributed by atoms with Crippen LogP contribution >= 0.6 is 15.9 Å². The molecule has 0 spiro atoms. The number of benzene rings is 1. The molecule has 0 aromatic heterocycles. The highest BCUT2D eigenvalue weighted by Crippen LogP contribution is 2.26. The third kappa shape index (κ3) is 6.08. The van der Waals surface area contributed by atoms with E-state index in [0.29, 0.717) is 16.8 Å². The monoisotopic (exact) mass is 387 g/mol. The van der Waals surface area contributed by atoms with E-state index >= 15 is 0 Å². The topological polar surface area (TPSA) is 53.6 Å². The zero-order valence-corrected chi connectivity index (χ0v) is 14.9. The molecule has 1 aromatic carbocycles. The van der Waals surface area contributed by atoms with Crippen LogP contribution in [-0.4, -0.2) is 56.2 Å². The van der Waals surface area contributed by atoms with E-state index in [4.69, 9.17) is 4.74 Å². The van der Waals surface area contributed by atoms with Gasteiger partial charge in [0, 0.05) is 32.7 Å². The van der Waals surface area contributed by atoms with Gasteiger partial charge in [-0.3, -0.25) is 4.79 Å². The van der Waals surface area contributed by atoms with Gasteiger partial charge in [-0.1, -0.05) is 0 Å². The zero-order valence-electron chi connectivity index (χ0n) is 13.3. The molecule has 0 saturated carbocycles. The molecular weight excluding hydrogens is 365 g/mol. The first-order valence-corrected chi connectivity index (χ1v) is 8.68. The second kappa shape index (κ2) is 9.20. The molecule has 1 amide bonds. The van der Waals surface area contributed by atoms with Crippen LogP contribution in [0.5, 0.6) is 5.75 Å². The third-order valence-electron chi connectivity index (χ3n) is 3.73. The van der Waals surface area contributed by atoms with Crippen LogP contribution in [0.2, 0.25) is 0 Å². The van der Waals surface area contributed by atoms with Gasteiger partial charge in [0.2, 0.25) is 0 Å². The Kier molecular flexibility index (Phi) is 7.26. The SMILES string of the molecule is CC(Oc1ccc(F)cc1Br)C(=O)NCCCN1CCNCC1. The summed E-state index contributed by atoms with van der Waals surface area (Å²) in [7, 11) is 0. The normalized spacial score (nSPS) is 16.8. The number of ether oxygens (including phenoxy) is 1. The smallest absolute Gasteiger partial charge is 0.260 e. The van der Waals surface area contributed by atoms with E-state index in [1.807, 2.05) is 0 Å². The van der Waals surface area contributed by atoms with Crippen molar-refractivity contribution in [1.82, 2.24) is 15.5 Å². The van der Waals surface area contributed by atoms with Crippen molar-refractivity contribution in [2.75, 3.05) is 39.3 Å². The van der Waals surface area contributed by atoms with Crippen LogP contribution in [0.25, 0.3) is 0 Å². The summed E-state index contributed by atoms with van der Waals surface area (Å²) >= 11 is 3.23. The van der Waals surface area contributed by atoms with Crippen molar-refractivity contribution in [3.63, 3.8) is 0 Å². The molecule has 1 fully saturated rings. The van der Waals surface area contributed by atoms with E-state index < -0.39 is 6.10 Å². The van der Waals surface area contributed by atoms with Gasteiger partial charge in [-0.05, 0) is 54.0 Å². The summed E-state index contributed by atoms with van der Waals surface area (Å²) in [4.78, 5) is 14.4. The van der Waals surface area contributed by atoms with E-state index in [2.05, 4.69) is 31.5 Å². The molecule has 23 heavy (non-hydrogen) atoms. The summed E-state index contributed by atoms with van der Waals surface area (Å²) in [5.74, 6) is -0.0642. The second-order valence-corrected chi connectivity index (χ2v) is 6.43. The largest absolute Gasteiger partial charge is 0.480 e. The lowest BCUT2D eigenvalue weighted by molar-refractivity contribution is -0.127. The number of piperazine rings is 1. The van der Waals surface area contributed by atoms with Crippen LogP contribution in [0.15, 0.2) is 22.7 Å². The summed E-state index contributed by atoms with van der Waals surface area (Å²) in [6.45, 7) is 7.48. The van der Waals surface area contributed by atoms with Gasteiger partial charge >= 0.3 is 0 Å². The van der Waals surface area contributed by atoms with Crippen molar-refractivity contribution in [3.8, 4) is 5.75 Å². The molecular formula is C16H23BrFN3O2. The lowest BCUT2D eigenvalue weighted by atomic mass is 10.3. The molecule has 2 rings (SSSR count). The predicted molar refractivity (Wildman–Crippen MR) is 91.1 cm³/mol. The van der Waals surface area contributed by atoms with Gasteiger partial charge in [0.05, 0.1) is 4.47 Å². The Labute approximate surface area is 144 Å².